The number of nitrogens with two attached hydrogens (primary N) is 1. The van der Waals surface area contributed by atoms with E-state index >= 15 is 0 Å². The zero-order chi connectivity index (χ0) is 13.1. The van der Waals surface area contributed by atoms with Crippen molar-refractivity contribution in [2.75, 3.05) is 0 Å². The van der Waals surface area contributed by atoms with Gasteiger partial charge in [-0.05, 0) is 19.4 Å². The van der Waals surface area contributed by atoms with Gasteiger partial charge in [-0.1, -0.05) is 30.3 Å². The zero-order valence-corrected chi connectivity index (χ0v) is 9.81. The maximum absolute atomic E-state index is 11.8. The molecule has 0 fully saturated rings. The van der Waals surface area contributed by atoms with Gasteiger partial charge in [-0.3, -0.25) is 9.59 Å². The topological polar surface area (TPSA) is 92.4 Å². The van der Waals surface area contributed by atoms with E-state index in [4.69, 9.17) is 5.73 Å². The number of rotatable bonds is 4. The van der Waals surface area contributed by atoms with Gasteiger partial charge < -0.3 is 16.2 Å². The molecule has 2 atom stereocenters. The van der Waals surface area contributed by atoms with Crippen LogP contribution in [0.2, 0.25) is 0 Å². The standard InChI is InChI=1S/C12H16N2O3/c1-8(10(13)15)14-11(16)12(2,17)9-6-4-3-5-7-9/h3-8,17H,1-2H3,(H2,13,15)(H,14,16)/t8-,12-/m0/s1. The van der Waals surface area contributed by atoms with Crippen molar-refractivity contribution >= 4 is 11.8 Å². The second-order valence-electron chi connectivity index (χ2n) is 4.04. The van der Waals surface area contributed by atoms with Crippen LogP contribution in [-0.2, 0) is 15.2 Å². The number of aliphatic hydroxyl groups is 1. The Labute approximate surface area is 99.6 Å². The van der Waals surface area contributed by atoms with Crippen molar-refractivity contribution in [3.8, 4) is 0 Å². The molecule has 0 aliphatic carbocycles. The van der Waals surface area contributed by atoms with Gasteiger partial charge in [0.15, 0.2) is 5.60 Å². The fourth-order valence-electron chi connectivity index (χ4n) is 1.30. The number of hydrogen-bond acceptors (Lipinski definition) is 3. The highest BCUT2D eigenvalue weighted by atomic mass is 16.3. The highest BCUT2D eigenvalue weighted by Crippen LogP contribution is 2.20. The summed E-state index contributed by atoms with van der Waals surface area (Å²) in [5.74, 6) is -1.31. The van der Waals surface area contributed by atoms with Gasteiger partial charge in [-0.2, -0.15) is 0 Å². The van der Waals surface area contributed by atoms with E-state index in [0.29, 0.717) is 5.56 Å². The van der Waals surface area contributed by atoms with Crippen LogP contribution in [0.25, 0.3) is 0 Å². The van der Waals surface area contributed by atoms with E-state index in [-0.39, 0.29) is 0 Å². The largest absolute Gasteiger partial charge is 0.376 e. The molecule has 0 bridgehead atoms. The molecule has 0 aliphatic heterocycles. The van der Waals surface area contributed by atoms with E-state index in [9.17, 15) is 14.7 Å². The molecular formula is C12H16N2O3. The minimum absolute atomic E-state index is 0.453. The molecule has 5 heteroatoms. The molecule has 17 heavy (non-hydrogen) atoms. The lowest BCUT2D eigenvalue weighted by Crippen LogP contribution is -2.50. The van der Waals surface area contributed by atoms with Crippen LogP contribution >= 0.6 is 0 Å². The van der Waals surface area contributed by atoms with E-state index in [1.165, 1.54) is 13.8 Å². The lowest BCUT2D eigenvalue weighted by Gasteiger charge is -2.24. The fourth-order valence-corrected chi connectivity index (χ4v) is 1.30. The van der Waals surface area contributed by atoms with E-state index in [2.05, 4.69) is 5.32 Å². The molecule has 0 saturated carbocycles. The van der Waals surface area contributed by atoms with Crippen molar-refractivity contribution in [3.05, 3.63) is 35.9 Å². The summed E-state index contributed by atoms with van der Waals surface area (Å²) in [5, 5.41) is 12.5. The van der Waals surface area contributed by atoms with Crippen LogP contribution in [0.1, 0.15) is 19.4 Å². The number of amides is 2. The van der Waals surface area contributed by atoms with Gasteiger partial charge in [-0.15, -0.1) is 0 Å². The lowest BCUT2D eigenvalue weighted by molar-refractivity contribution is -0.141. The minimum Gasteiger partial charge on any atom is -0.376 e. The Morgan fingerprint density at radius 2 is 1.88 bits per heavy atom. The van der Waals surface area contributed by atoms with Crippen LogP contribution in [-0.4, -0.2) is 23.0 Å². The average molecular weight is 236 g/mol. The maximum atomic E-state index is 11.8. The van der Waals surface area contributed by atoms with E-state index in [1.54, 1.807) is 30.3 Å². The Balaban J connectivity index is 2.84. The van der Waals surface area contributed by atoms with Crippen LogP contribution in [0.4, 0.5) is 0 Å². The maximum Gasteiger partial charge on any atom is 0.256 e. The number of carbonyl (C=O) groups excluding carboxylic acids is 2. The third kappa shape index (κ3) is 3.04. The summed E-state index contributed by atoms with van der Waals surface area (Å²) in [6, 6.07) is 7.66. The van der Waals surface area contributed by atoms with Gasteiger partial charge in [0, 0.05) is 0 Å². The molecule has 0 aromatic heterocycles. The number of primary amides is 1. The van der Waals surface area contributed by atoms with Gasteiger partial charge in [0.1, 0.15) is 6.04 Å². The molecule has 2 amide bonds. The summed E-state index contributed by atoms with van der Waals surface area (Å²) in [6.45, 7) is 2.83. The second-order valence-corrected chi connectivity index (χ2v) is 4.04. The zero-order valence-electron chi connectivity index (χ0n) is 9.81. The van der Waals surface area contributed by atoms with Crippen LogP contribution in [0.3, 0.4) is 0 Å². The predicted octanol–water partition coefficient (Wildman–Crippen LogP) is -0.116. The number of benzene rings is 1. The van der Waals surface area contributed by atoms with Gasteiger partial charge in [0.2, 0.25) is 5.91 Å². The molecule has 0 aliphatic rings. The van der Waals surface area contributed by atoms with E-state index < -0.39 is 23.5 Å². The number of carbonyl (C=O) groups is 2. The Morgan fingerprint density at radius 3 is 2.35 bits per heavy atom. The molecule has 0 saturated heterocycles. The molecule has 92 valence electrons. The van der Waals surface area contributed by atoms with Crippen LogP contribution in [0.5, 0.6) is 0 Å². The summed E-state index contributed by atoms with van der Waals surface area (Å²) in [6.07, 6.45) is 0. The average Bonchev–Trinajstić information content (AvgIpc) is 2.29. The van der Waals surface area contributed by atoms with Crippen LogP contribution in [0, 0.1) is 0 Å². The van der Waals surface area contributed by atoms with Gasteiger partial charge >= 0.3 is 0 Å². The van der Waals surface area contributed by atoms with Crippen molar-refractivity contribution in [1.29, 1.82) is 0 Å². The number of hydrogen-bond donors (Lipinski definition) is 3. The molecule has 1 aromatic carbocycles. The fraction of sp³-hybridized carbons (Fsp3) is 0.333. The Kier molecular flexibility index (Phi) is 3.85. The molecule has 1 aromatic rings. The van der Waals surface area contributed by atoms with Gasteiger partial charge in [0.25, 0.3) is 5.91 Å². The molecule has 4 N–H and O–H groups in total. The van der Waals surface area contributed by atoms with Crippen LogP contribution < -0.4 is 11.1 Å². The van der Waals surface area contributed by atoms with Crippen molar-refractivity contribution in [3.63, 3.8) is 0 Å². The van der Waals surface area contributed by atoms with Crippen molar-refractivity contribution in [1.82, 2.24) is 5.32 Å². The minimum atomic E-state index is -1.69. The molecular weight excluding hydrogens is 220 g/mol. The quantitative estimate of drug-likeness (QED) is 0.680. The summed E-state index contributed by atoms with van der Waals surface area (Å²) in [4.78, 5) is 22.6. The summed E-state index contributed by atoms with van der Waals surface area (Å²) in [7, 11) is 0. The molecule has 0 radical (unpaired) electrons. The Morgan fingerprint density at radius 1 is 1.35 bits per heavy atom. The second kappa shape index (κ2) is 4.97. The SMILES string of the molecule is C[C@H](NC(=O)[C@@](C)(O)c1ccccc1)C(N)=O. The van der Waals surface area contributed by atoms with Crippen molar-refractivity contribution in [2.45, 2.75) is 25.5 Å². The monoisotopic (exact) mass is 236 g/mol. The number of nitrogens with one attached hydrogen (secondary N) is 1. The highest BCUT2D eigenvalue weighted by Gasteiger charge is 2.33. The molecule has 0 spiro atoms. The van der Waals surface area contributed by atoms with Crippen molar-refractivity contribution in [2.24, 2.45) is 5.73 Å². The third-order valence-electron chi connectivity index (χ3n) is 2.55. The molecule has 5 nitrogen and oxygen atoms in total. The van der Waals surface area contributed by atoms with Crippen LogP contribution in [0.15, 0.2) is 30.3 Å². The first kappa shape index (κ1) is 13.2. The molecule has 1 rings (SSSR count). The first-order chi connectivity index (χ1) is 7.85. The van der Waals surface area contributed by atoms with E-state index in [0.717, 1.165) is 0 Å². The molecule has 0 heterocycles. The summed E-state index contributed by atoms with van der Waals surface area (Å²) in [5.41, 5.74) is 3.79. The van der Waals surface area contributed by atoms with Gasteiger partial charge in [-0.25, -0.2) is 0 Å². The highest BCUT2D eigenvalue weighted by molar-refractivity contribution is 5.90. The van der Waals surface area contributed by atoms with Crippen molar-refractivity contribution < 1.29 is 14.7 Å². The van der Waals surface area contributed by atoms with Gasteiger partial charge in [0.05, 0.1) is 0 Å². The lowest BCUT2D eigenvalue weighted by atomic mass is 9.95. The Bertz CT molecular complexity index is 415. The first-order valence-corrected chi connectivity index (χ1v) is 5.24. The summed E-state index contributed by atoms with van der Waals surface area (Å²) < 4.78 is 0. The summed E-state index contributed by atoms with van der Waals surface area (Å²) >= 11 is 0. The van der Waals surface area contributed by atoms with E-state index in [1.807, 2.05) is 0 Å². The predicted molar refractivity (Wildman–Crippen MR) is 62.8 cm³/mol. The smallest absolute Gasteiger partial charge is 0.256 e. The third-order valence-corrected chi connectivity index (χ3v) is 2.55. The Hall–Kier alpha value is -1.88. The first-order valence-electron chi connectivity index (χ1n) is 5.24. The normalized spacial score (nSPS) is 15.7. The molecule has 0 unspecified atom stereocenters.